The van der Waals surface area contributed by atoms with Gasteiger partial charge in [0.05, 0.1) is 24.0 Å². The van der Waals surface area contributed by atoms with E-state index in [1.807, 2.05) is 31.2 Å². The van der Waals surface area contributed by atoms with Crippen molar-refractivity contribution in [2.24, 2.45) is 0 Å². The molecule has 0 bridgehead atoms. The summed E-state index contributed by atoms with van der Waals surface area (Å²) < 4.78 is 0. The highest BCUT2D eigenvalue weighted by molar-refractivity contribution is 6.29. The maximum atomic E-state index is 12.6. The zero-order valence-electron chi connectivity index (χ0n) is 14.4. The van der Waals surface area contributed by atoms with E-state index in [2.05, 4.69) is 20.3 Å². The number of carbonyl (C=O) groups is 1. The van der Waals surface area contributed by atoms with E-state index in [9.17, 15) is 4.79 Å². The van der Waals surface area contributed by atoms with Gasteiger partial charge in [0.15, 0.2) is 0 Å². The Balaban J connectivity index is 1.78. The van der Waals surface area contributed by atoms with E-state index >= 15 is 0 Å². The van der Waals surface area contributed by atoms with Crippen molar-refractivity contribution in [2.45, 2.75) is 13.0 Å². The topological polar surface area (TPSA) is 71.0 Å². The third-order valence-electron chi connectivity index (χ3n) is 3.94. The van der Waals surface area contributed by atoms with Crippen LogP contribution in [0.2, 0.25) is 5.15 Å². The van der Waals surface area contributed by atoms with Crippen molar-refractivity contribution in [1.82, 2.24) is 15.0 Å². The molecule has 1 unspecified atom stereocenters. The monoisotopic (exact) mass is 367 g/mol. The molecule has 1 N–H and O–H groups in total. The number of hydrogen-bond donors (Lipinski definition) is 1. The van der Waals surface area contributed by atoms with Crippen LogP contribution in [-0.4, -0.2) is 27.9 Å². The highest BCUT2D eigenvalue weighted by Gasteiger charge is 2.15. The van der Waals surface area contributed by atoms with Gasteiger partial charge in [-0.05, 0) is 36.8 Å². The Hall–Kier alpha value is -2.99. The standard InChI is InChI=1S/C19H18ClN5O/c1-13(23-18-12-22-11-17(20)24-18)14-5-3-7-16(9-14)25(2)19(26)15-6-4-8-21-10-15/h3-13H,1-2H3,(H,23,24). The van der Waals surface area contributed by atoms with Crippen LogP contribution in [0.4, 0.5) is 11.5 Å². The number of aromatic nitrogens is 3. The van der Waals surface area contributed by atoms with Gasteiger partial charge in [-0.15, -0.1) is 0 Å². The van der Waals surface area contributed by atoms with Gasteiger partial charge in [0, 0.05) is 25.1 Å². The van der Waals surface area contributed by atoms with E-state index in [0.717, 1.165) is 11.3 Å². The third kappa shape index (κ3) is 4.15. The number of halogens is 1. The van der Waals surface area contributed by atoms with E-state index in [1.165, 1.54) is 6.20 Å². The summed E-state index contributed by atoms with van der Waals surface area (Å²) in [6.45, 7) is 2.00. The number of nitrogens with zero attached hydrogens (tertiary/aromatic N) is 4. The van der Waals surface area contributed by atoms with Gasteiger partial charge in [-0.25, -0.2) is 4.98 Å². The number of anilines is 2. The van der Waals surface area contributed by atoms with Gasteiger partial charge in [0.1, 0.15) is 11.0 Å². The van der Waals surface area contributed by atoms with Crippen LogP contribution in [0.3, 0.4) is 0 Å². The summed E-state index contributed by atoms with van der Waals surface area (Å²) in [6, 6.07) is 11.2. The first-order valence-corrected chi connectivity index (χ1v) is 8.44. The van der Waals surface area contributed by atoms with Crippen LogP contribution in [0.5, 0.6) is 0 Å². The first-order valence-electron chi connectivity index (χ1n) is 8.06. The van der Waals surface area contributed by atoms with Crippen LogP contribution in [-0.2, 0) is 0 Å². The summed E-state index contributed by atoms with van der Waals surface area (Å²) in [6.07, 6.45) is 6.30. The summed E-state index contributed by atoms with van der Waals surface area (Å²) in [7, 11) is 1.75. The number of hydrogen-bond acceptors (Lipinski definition) is 5. The number of rotatable bonds is 5. The second kappa shape index (κ2) is 7.93. The molecule has 3 rings (SSSR count). The lowest BCUT2D eigenvalue weighted by Crippen LogP contribution is -2.26. The van der Waals surface area contributed by atoms with Crippen molar-refractivity contribution in [2.75, 3.05) is 17.3 Å². The number of amides is 1. The molecule has 0 saturated carbocycles. The fourth-order valence-corrected chi connectivity index (χ4v) is 2.67. The van der Waals surface area contributed by atoms with Crippen molar-refractivity contribution in [3.63, 3.8) is 0 Å². The second-order valence-electron chi connectivity index (χ2n) is 5.79. The summed E-state index contributed by atoms with van der Waals surface area (Å²) in [5.41, 5.74) is 2.35. The lowest BCUT2D eigenvalue weighted by Gasteiger charge is -2.20. The van der Waals surface area contributed by atoms with Crippen LogP contribution in [0, 0.1) is 0 Å². The van der Waals surface area contributed by atoms with Crippen molar-refractivity contribution in [3.8, 4) is 0 Å². The molecule has 0 spiro atoms. The van der Waals surface area contributed by atoms with E-state index in [1.54, 1.807) is 42.7 Å². The van der Waals surface area contributed by atoms with Crippen molar-refractivity contribution < 1.29 is 4.79 Å². The quantitative estimate of drug-likeness (QED) is 0.738. The fourth-order valence-electron chi connectivity index (χ4n) is 2.52. The van der Waals surface area contributed by atoms with Crippen LogP contribution in [0.1, 0.15) is 28.9 Å². The summed E-state index contributed by atoms with van der Waals surface area (Å²) in [4.78, 5) is 26.4. The minimum Gasteiger partial charge on any atom is -0.362 e. The van der Waals surface area contributed by atoms with Gasteiger partial charge >= 0.3 is 0 Å². The zero-order valence-corrected chi connectivity index (χ0v) is 15.2. The Kier molecular flexibility index (Phi) is 5.43. The van der Waals surface area contributed by atoms with Crippen LogP contribution >= 0.6 is 11.6 Å². The summed E-state index contributed by atoms with van der Waals surface area (Å²) in [5.74, 6) is 0.478. The molecule has 0 radical (unpaired) electrons. The number of pyridine rings is 1. The number of carbonyl (C=O) groups excluding carboxylic acids is 1. The second-order valence-corrected chi connectivity index (χ2v) is 6.18. The van der Waals surface area contributed by atoms with Gasteiger partial charge in [-0.1, -0.05) is 23.7 Å². The molecule has 26 heavy (non-hydrogen) atoms. The largest absolute Gasteiger partial charge is 0.362 e. The normalized spacial score (nSPS) is 11.7. The molecule has 0 aliphatic rings. The molecule has 1 amide bonds. The Morgan fingerprint density at radius 2 is 2.00 bits per heavy atom. The lowest BCUT2D eigenvalue weighted by molar-refractivity contribution is 0.0992. The van der Waals surface area contributed by atoms with E-state index in [4.69, 9.17) is 11.6 Å². The molecular weight excluding hydrogens is 350 g/mol. The molecule has 132 valence electrons. The minimum atomic E-state index is -0.114. The maximum absolute atomic E-state index is 12.6. The Labute approximate surface area is 156 Å². The molecule has 1 atom stereocenters. The first-order chi connectivity index (χ1) is 12.5. The molecule has 0 aliphatic heterocycles. The van der Waals surface area contributed by atoms with Gasteiger partial charge in [0.2, 0.25) is 0 Å². The zero-order chi connectivity index (χ0) is 18.5. The SMILES string of the molecule is CC(Nc1cncc(Cl)n1)c1cccc(N(C)C(=O)c2cccnc2)c1. The van der Waals surface area contributed by atoms with Crippen molar-refractivity contribution >= 4 is 29.0 Å². The highest BCUT2D eigenvalue weighted by Crippen LogP contribution is 2.23. The first kappa shape index (κ1) is 17.8. The highest BCUT2D eigenvalue weighted by atomic mass is 35.5. The number of nitrogens with one attached hydrogen (secondary N) is 1. The van der Waals surface area contributed by atoms with Crippen molar-refractivity contribution in [3.05, 3.63) is 77.5 Å². The summed E-state index contributed by atoms with van der Waals surface area (Å²) >= 11 is 5.87. The predicted molar refractivity (Wildman–Crippen MR) is 102 cm³/mol. The average molecular weight is 368 g/mol. The van der Waals surface area contributed by atoms with Crippen molar-refractivity contribution in [1.29, 1.82) is 0 Å². The van der Waals surface area contributed by atoms with E-state index in [-0.39, 0.29) is 11.9 Å². The van der Waals surface area contributed by atoms with Crippen LogP contribution < -0.4 is 10.2 Å². The number of benzene rings is 1. The molecule has 0 fully saturated rings. The summed E-state index contributed by atoms with van der Waals surface area (Å²) in [5, 5.41) is 3.59. The van der Waals surface area contributed by atoms with Gasteiger partial charge in [-0.3, -0.25) is 14.8 Å². The van der Waals surface area contributed by atoms with Crippen LogP contribution in [0.15, 0.2) is 61.2 Å². The fraction of sp³-hybridized carbons (Fsp3) is 0.158. The molecule has 1 aromatic carbocycles. The van der Waals surface area contributed by atoms with Crippen LogP contribution in [0.25, 0.3) is 0 Å². The van der Waals surface area contributed by atoms with Gasteiger partial charge in [-0.2, -0.15) is 0 Å². The average Bonchev–Trinajstić information content (AvgIpc) is 2.67. The predicted octanol–water partition coefficient (Wildman–Crippen LogP) is 3.97. The minimum absolute atomic E-state index is 0.0374. The molecule has 6 nitrogen and oxygen atoms in total. The van der Waals surface area contributed by atoms with E-state index < -0.39 is 0 Å². The van der Waals surface area contributed by atoms with Gasteiger partial charge < -0.3 is 10.2 Å². The molecule has 7 heteroatoms. The molecule has 3 aromatic rings. The molecule has 0 saturated heterocycles. The molecule has 2 heterocycles. The van der Waals surface area contributed by atoms with E-state index in [0.29, 0.717) is 16.5 Å². The lowest BCUT2D eigenvalue weighted by atomic mass is 10.1. The Morgan fingerprint density at radius 1 is 1.15 bits per heavy atom. The Bertz CT molecular complexity index is 903. The maximum Gasteiger partial charge on any atom is 0.259 e. The smallest absolute Gasteiger partial charge is 0.259 e. The molecular formula is C19H18ClN5O. The molecule has 0 aliphatic carbocycles. The van der Waals surface area contributed by atoms with Gasteiger partial charge in [0.25, 0.3) is 5.91 Å². The third-order valence-corrected chi connectivity index (χ3v) is 4.12. The molecule has 2 aromatic heterocycles. The Morgan fingerprint density at radius 3 is 2.73 bits per heavy atom.